The largest absolute Gasteiger partial charge is 0.492 e. The van der Waals surface area contributed by atoms with Crippen molar-refractivity contribution < 1.29 is 19.0 Å². The highest BCUT2D eigenvalue weighted by Crippen LogP contribution is 2.49. The minimum Gasteiger partial charge on any atom is -0.492 e. The Kier molecular flexibility index (Phi) is 4.62. The van der Waals surface area contributed by atoms with E-state index in [-0.39, 0.29) is 12.6 Å². The zero-order valence-electron chi connectivity index (χ0n) is 15.9. The molecular formula is C22H23NO4. The summed E-state index contributed by atoms with van der Waals surface area (Å²) in [4.78, 5) is 15.3. The average molecular weight is 365 g/mol. The Morgan fingerprint density at radius 3 is 2.63 bits per heavy atom. The van der Waals surface area contributed by atoms with E-state index < -0.39 is 0 Å². The molecule has 0 unspecified atom stereocenters. The summed E-state index contributed by atoms with van der Waals surface area (Å²) in [5.74, 6) is 1.66. The molecule has 0 bridgehead atoms. The lowest BCUT2D eigenvalue weighted by Crippen LogP contribution is -2.28. The van der Waals surface area contributed by atoms with Crippen LogP contribution in [0.5, 0.6) is 17.2 Å². The van der Waals surface area contributed by atoms with Gasteiger partial charge in [0.25, 0.3) is 0 Å². The maximum absolute atomic E-state index is 13.1. The summed E-state index contributed by atoms with van der Waals surface area (Å²) in [5.41, 5.74) is 4.81. The van der Waals surface area contributed by atoms with Gasteiger partial charge < -0.3 is 19.1 Å². The fraction of sp³-hybridized carbons (Fsp3) is 0.318. The summed E-state index contributed by atoms with van der Waals surface area (Å²) in [6, 6.07) is 8.07. The van der Waals surface area contributed by atoms with Crippen molar-refractivity contribution in [1.82, 2.24) is 4.90 Å². The normalized spacial score (nSPS) is 15.8. The molecular weight excluding hydrogens is 342 g/mol. The molecule has 27 heavy (non-hydrogen) atoms. The second-order valence-electron chi connectivity index (χ2n) is 7.03. The van der Waals surface area contributed by atoms with Crippen LogP contribution in [0.25, 0.3) is 6.08 Å². The van der Waals surface area contributed by atoms with Gasteiger partial charge in [0.2, 0.25) is 12.5 Å². The van der Waals surface area contributed by atoms with Crippen molar-refractivity contribution in [3.8, 4) is 17.2 Å². The first-order valence-electron chi connectivity index (χ1n) is 9.07. The second kappa shape index (κ2) is 7.08. The van der Waals surface area contributed by atoms with Gasteiger partial charge in [-0.3, -0.25) is 4.79 Å². The Hall–Kier alpha value is -2.79. The van der Waals surface area contributed by atoms with Gasteiger partial charge in [0.1, 0.15) is 0 Å². The Labute approximate surface area is 159 Å². The van der Waals surface area contributed by atoms with Crippen molar-refractivity contribution in [3.63, 3.8) is 0 Å². The fourth-order valence-corrected chi connectivity index (χ4v) is 3.70. The van der Waals surface area contributed by atoms with Crippen LogP contribution in [0.4, 0.5) is 0 Å². The summed E-state index contributed by atoms with van der Waals surface area (Å²) in [7, 11) is 3.69. The molecule has 0 aliphatic carbocycles. The number of likely N-dealkylation sites (N-methyl/N-ethyl adjacent to an activating group) is 1. The molecule has 140 valence electrons. The molecule has 0 aromatic heterocycles. The van der Waals surface area contributed by atoms with E-state index in [9.17, 15) is 4.79 Å². The monoisotopic (exact) mass is 365 g/mol. The van der Waals surface area contributed by atoms with Crippen molar-refractivity contribution in [3.05, 3.63) is 58.2 Å². The number of benzene rings is 2. The highest BCUT2D eigenvalue weighted by atomic mass is 16.7. The predicted molar refractivity (Wildman–Crippen MR) is 104 cm³/mol. The smallest absolute Gasteiger partial charge is 0.231 e. The maximum Gasteiger partial charge on any atom is 0.231 e. The van der Waals surface area contributed by atoms with Crippen molar-refractivity contribution >= 4 is 11.9 Å². The van der Waals surface area contributed by atoms with Gasteiger partial charge in [0, 0.05) is 18.7 Å². The van der Waals surface area contributed by atoms with E-state index in [1.54, 1.807) is 13.2 Å². The van der Waals surface area contributed by atoms with Crippen molar-refractivity contribution in [1.29, 1.82) is 0 Å². The topological polar surface area (TPSA) is 48.0 Å². The molecule has 5 heteroatoms. The van der Waals surface area contributed by atoms with Crippen LogP contribution >= 0.6 is 0 Å². The quantitative estimate of drug-likeness (QED) is 0.612. The molecule has 4 rings (SSSR count). The number of ether oxygens (including phenoxy) is 3. The molecule has 0 spiro atoms. The third kappa shape index (κ3) is 3.19. The van der Waals surface area contributed by atoms with Crippen LogP contribution in [-0.4, -0.2) is 38.2 Å². The van der Waals surface area contributed by atoms with Gasteiger partial charge in [-0.2, -0.15) is 0 Å². The third-order valence-electron chi connectivity index (χ3n) is 5.11. The SMILES string of the molecule is COc1c2c(c(C(=O)/C=C/c3ccc(C)cc3)c3c1OCO3)CCN(C)C2. The van der Waals surface area contributed by atoms with Gasteiger partial charge in [-0.05, 0) is 37.6 Å². The average Bonchev–Trinajstić information content (AvgIpc) is 3.14. The summed E-state index contributed by atoms with van der Waals surface area (Å²) < 4.78 is 16.9. The van der Waals surface area contributed by atoms with Gasteiger partial charge in [-0.1, -0.05) is 35.9 Å². The lowest BCUT2D eigenvalue weighted by atomic mass is 9.90. The molecule has 2 aromatic carbocycles. The maximum atomic E-state index is 13.1. The van der Waals surface area contributed by atoms with Gasteiger partial charge in [-0.25, -0.2) is 0 Å². The van der Waals surface area contributed by atoms with E-state index in [0.717, 1.165) is 36.2 Å². The third-order valence-corrected chi connectivity index (χ3v) is 5.11. The van der Waals surface area contributed by atoms with E-state index in [4.69, 9.17) is 14.2 Å². The number of nitrogens with zero attached hydrogens (tertiary/aromatic N) is 1. The number of hydrogen-bond acceptors (Lipinski definition) is 5. The Morgan fingerprint density at radius 1 is 1.15 bits per heavy atom. The van der Waals surface area contributed by atoms with Gasteiger partial charge in [-0.15, -0.1) is 0 Å². The second-order valence-corrected chi connectivity index (χ2v) is 7.03. The molecule has 0 atom stereocenters. The number of methoxy groups -OCH3 is 1. The number of hydrogen-bond donors (Lipinski definition) is 0. The minimum atomic E-state index is -0.0687. The number of ketones is 1. The zero-order valence-corrected chi connectivity index (χ0v) is 15.9. The van der Waals surface area contributed by atoms with Crippen LogP contribution in [0.2, 0.25) is 0 Å². The summed E-state index contributed by atoms with van der Waals surface area (Å²) in [6.45, 7) is 3.75. The van der Waals surface area contributed by atoms with Crippen LogP contribution in [0.15, 0.2) is 30.3 Å². The molecule has 0 radical (unpaired) electrons. The number of fused-ring (bicyclic) bond motifs is 2. The molecule has 2 aliphatic rings. The van der Waals surface area contributed by atoms with E-state index in [0.29, 0.717) is 22.8 Å². The van der Waals surface area contributed by atoms with Gasteiger partial charge in [0.15, 0.2) is 17.3 Å². The van der Waals surface area contributed by atoms with Gasteiger partial charge in [0.05, 0.1) is 12.7 Å². The molecule has 0 amide bonds. The number of carbonyl (C=O) groups is 1. The van der Waals surface area contributed by atoms with E-state index in [1.807, 2.05) is 37.3 Å². The molecule has 0 saturated heterocycles. The number of aryl methyl sites for hydroxylation is 1. The lowest BCUT2D eigenvalue weighted by molar-refractivity contribution is 0.104. The Morgan fingerprint density at radius 2 is 1.89 bits per heavy atom. The predicted octanol–water partition coefficient (Wildman–Crippen LogP) is 3.62. The molecule has 2 heterocycles. The highest BCUT2D eigenvalue weighted by Gasteiger charge is 2.34. The Balaban J connectivity index is 1.78. The number of carbonyl (C=O) groups excluding carboxylic acids is 1. The van der Waals surface area contributed by atoms with Crippen molar-refractivity contribution in [2.75, 3.05) is 27.5 Å². The standard InChI is InChI=1S/C22H23NO4/c1-14-4-6-15(7-5-14)8-9-18(24)19-16-10-11-23(2)12-17(16)20(25-3)22-21(19)26-13-27-22/h4-9H,10-13H2,1-3H3/b9-8+. The van der Waals surface area contributed by atoms with Crippen LogP contribution in [0.1, 0.15) is 32.6 Å². The molecule has 0 saturated carbocycles. The summed E-state index contributed by atoms with van der Waals surface area (Å²) >= 11 is 0. The Bertz CT molecular complexity index is 915. The molecule has 0 N–H and O–H groups in total. The van der Waals surface area contributed by atoms with Crippen LogP contribution in [-0.2, 0) is 13.0 Å². The number of rotatable bonds is 4. The highest BCUT2D eigenvalue weighted by molar-refractivity contribution is 6.11. The molecule has 2 aromatic rings. The first kappa shape index (κ1) is 17.6. The zero-order chi connectivity index (χ0) is 19.0. The first-order valence-corrected chi connectivity index (χ1v) is 9.07. The summed E-state index contributed by atoms with van der Waals surface area (Å²) in [6.07, 6.45) is 4.24. The van der Waals surface area contributed by atoms with Crippen molar-refractivity contribution in [2.24, 2.45) is 0 Å². The summed E-state index contributed by atoms with van der Waals surface area (Å²) in [5, 5.41) is 0. The van der Waals surface area contributed by atoms with E-state index in [1.165, 1.54) is 5.56 Å². The van der Waals surface area contributed by atoms with Crippen LogP contribution < -0.4 is 14.2 Å². The first-order chi connectivity index (χ1) is 13.1. The molecule has 0 fully saturated rings. The molecule has 5 nitrogen and oxygen atoms in total. The minimum absolute atomic E-state index is 0.0687. The molecule has 2 aliphatic heterocycles. The van der Waals surface area contributed by atoms with Gasteiger partial charge >= 0.3 is 0 Å². The number of allylic oxidation sites excluding steroid dienone is 1. The van der Waals surface area contributed by atoms with Crippen molar-refractivity contribution in [2.45, 2.75) is 19.9 Å². The van der Waals surface area contributed by atoms with E-state index >= 15 is 0 Å². The van der Waals surface area contributed by atoms with E-state index in [2.05, 4.69) is 11.9 Å². The van der Waals surface area contributed by atoms with Crippen LogP contribution in [0.3, 0.4) is 0 Å². The lowest BCUT2D eigenvalue weighted by Gasteiger charge is -2.28. The fourth-order valence-electron chi connectivity index (χ4n) is 3.70. The van der Waals surface area contributed by atoms with Crippen LogP contribution in [0, 0.1) is 6.92 Å².